The lowest BCUT2D eigenvalue weighted by atomic mass is 10.2. The maximum atomic E-state index is 5.67. The zero-order valence-electron chi connectivity index (χ0n) is 6.10. The van der Waals surface area contributed by atoms with Crippen molar-refractivity contribution in [3.8, 4) is 0 Å². The predicted molar refractivity (Wildman–Crippen MR) is 54.0 cm³/mol. The van der Waals surface area contributed by atoms with Gasteiger partial charge in [-0.1, -0.05) is 35.4 Å². The second-order valence-electron chi connectivity index (χ2n) is 2.10. The highest BCUT2D eigenvalue weighted by molar-refractivity contribution is 6.32. The summed E-state index contributed by atoms with van der Waals surface area (Å²) in [5.41, 5.74) is 0.903. The van der Waals surface area contributed by atoms with E-state index in [2.05, 4.69) is 4.98 Å². The van der Waals surface area contributed by atoms with Gasteiger partial charge in [-0.25, -0.2) is 4.98 Å². The molecule has 1 nitrogen and oxygen atoms in total. The molecule has 0 fully saturated rings. The predicted octanol–water partition coefficient (Wildman–Crippen LogP) is 3.64. The maximum Gasteiger partial charge on any atom is 0.131 e. The second-order valence-corrected chi connectivity index (χ2v) is 3.19. The third-order valence-corrected chi connectivity index (χ3v) is 1.75. The largest absolute Gasteiger partial charge is 0.224 e. The summed E-state index contributed by atoms with van der Waals surface area (Å²) in [5, 5.41) is 0.772. The number of rotatable bonds is 2. The van der Waals surface area contributed by atoms with Gasteiger partial charge in [0.2, 0.25) is 0 Å². The Morgan fingerprint density at radius 3 is 2.33 bits per heavy atom. The first kappa shape index (κ1) is 9.85. The average Bonchev–Trinajstić information content (AvgIpc) is 1.99. The molecule has 0 aliphatic heterocycles. The normalized spacial score (nSPS) is 10.9. The van der Waals surface area contributed by atoms with Crippen LogP contribution in [0.4, 0.5) is 0 Å². The second kappa shape index (κ2) is 4.70. The summed E-state index contributed by atoms with van der Waals surface area (Å²) in [4.78, 5) is 3.81. The Labute approximate surface area is 86.0 Å². The lowest BCUT2D eigenvalue weighted by molar-refractivity contribution is 1.32. The molecule has 1 aromatic rings. The third-order valence-electron chi connectivity index (χ3n) is 1.18. The Morgan fingerprint density at radius 1 is 1.25 bits per heavy atom. The zero-order valence-corrected chi connectivity index (χ0v) is 8.37. The molecule has 0 atom stereocenters. The van der Waals surface area contributed by atoms with E-state index in [-0.39, 0.29) is 0 Å². The first-order valence-electron chi connectivity index (χ1n) is 3.28. The molecule has 0 spiro atoms. The average molecular weight is 223 g/mol. The summed E-state index contributed by atoms with van der Waals surface area (Å²) in [6.45, 7) is 0. The van der Waals surface area contributed by atoms with E-state index in [0.29, 0.717) is 16.2 Å². The van der Waals surface area contributed by atoms with Gasteiger partial charge in [0.05, 0.1) is 0 Å². The fraction of sp³-hybridized carbons (Fsp3) is 0.125. The van der Waals surface area contributed by atoms with Gasteiger partial charge in [-0.15, -0.1) is 11.6 Å². The fourth-order valence-corrected chi connectivity index (χ4v) is 1.33. The molecule has 0 aromatic carbocycles. The third kappa shape index (κ3) is 3.02. The first-order valence-corrected chi connectivity index (χ1v) is 4.57. The van der Waals surface area contributed by atoms with Crippen molar-refractivity contribution in [3.63, 3.8) is 0 Å². The molecule has 0 aliphatic carbocycles. The highest BCUT2D eigenvalue weighted by Crippen LogP contribution is 2.15. The highest BCUT2D eigenvalue weighted by Gasteiger charge is 1.95. The molecule has 1 rings (SSSR count). The molecule has 0 N–H and O–H groups in total. The van der Waals surface area contributed by atoms with Crippen LogP contribution in [0, 0.1) is 0 Å². The minimum absolute atomic E-state index is 0.386. The number of alkyl halides is 1. The van der Waals surface area contributed by atoms with Crippen molar-refractivity contribution in [2.75, 3.05) is 5.88 Å². The topological polar surface area (TPSA) is 12.9 Å². The van der Waals surface area contributed by atoms with E-state index < -0.39 is 0 Å². The molecule has 12 heavy (non-hydrogen) atoms. The lowest BCUT2D eigenvalue weighted by Gasteiger charge is -1.95. The van der Waals surface area contributed by atoms with Crippen LogP contribution in [-0.4, -0.2) is 10.9 Å². The lowest BCUT2D eigenvalue weighted by Crippen LogP contribution is -1.79. The summed E-state index contributed by atoms with van der Waals surface area (Å²) in [6.07, 6.45) is 3.65. The van der Waals surface area contributed by atoms with Crippen LogP contribution in [0.5, 0.6) is 0 Å². The summed E-state index contributed by atoms with van der Waals surface area (Å²) in [5.74, 6) is 0.470. The van der Waals surface area contributed by atoms with Gasteiger partial charge in [-0.05, 0) is 17.7 Å². The molecule has 0 bridgehead atoms. The van der Waals surface area contributed by atoms with Crippen LogP contribution in [0.15, 0.2) is 18.2 Å². The maximum absolute atomic E-state index is 5.67. The van der Waals surface area contributed by atoms with E-state index in [1.54, 1.807) is 12.1 Å². The smallest absolute Gasteiger partial charge is 0.131 e. The summed E-state index contributed by atoms with van der Waals surface area (Å²) >= 11 is 16.8. The van der Waals surface area contributed by atoms with Crippen LogP contribution in [0.25, 0.3) is 6.08 Å². The molecule has 0 unspecified atom stereocenters. The molecule has 0 radical (unpaired) electrons. The van der Waals surface area contributed by atoms with Crippen molar-refractivity contribution >= 4 is 40.9 Å². The van der Waals surface area contributed by atoms with Crippen molar-refractivity contribution in [2.45, 2.75) is 0 Å². The standard InChI is InChI=1S/C8H6Cl3N/c9-3-1-2-6-4-7(10)12-8(11)5-6/h1-2,4-5H,3H2. The molecular formula is C8H6Cl3N. The number of pyridine rings is 1. The zero-order chi connectivity index (χ0) is 8.97. The molecule has 0 aliphatic rings. The minimum atomic E-state index is 0.386. The van der Waals surface area contributed by atoms with Gasteiger partial charge in [0.15, 0.2) is 0 Å². The fourth-order valence-electron chi connectivity index (χ4n) is 0.760. The molecule has 0 saturated heterocycles. The van der Waals surface area contributed by atoms with Crippen molar-refractivity contribution < 1.29 is 0 Å². The molecule has 64 valence electrons. The molecular weight excluding hydrogens is 216 g/mol. The molecule has 0 saturated carbocycles. The van der Waals surface area contributed by atoms with Gasteiger partial charge in [-0.3, -0.25) is 0 Å². The molecule has 4 heteroatoms. The number of aromatic nitrogens is 1. The van der Waals surface area contributed by atoms with E-state index in [4.69, 9.17) is 34.8 Å². The Bertz CT molecular complexity index is 276. The number of nitrogens with zero attached hydrogens (tertiary/aromatic N) is 1. The van der Waals surface area contributed by atoms with Crippen molar-refractivity contribution in [3.05, 3.63) is 34.1 Å². The Kier molecular flexibility index (Phi) is 3.86. The van der Waals surface area contributed by atoms with E-state index in [9.17, 15) is 0 Å². The van der Waals surface area contributed by atoms with Crippen molar-refractivity contribution in [1.29, 1.82) is 0 Å². The van der Waals surface area contributed by atoms with Crippen molar-refractivity contribution in [2.24, 2.45) is 0 Å². The SMILES string of the molecule is ClCC=Cc1cc(Cl)nc(Cl)c1. The number of hydrogen-bond acceptors (Lipinski definition) is 1. The first-order chi connectivity index (χ1) is 5.72. The minimum Gasteiger partial charge on any atom is -0.224 e. The van der Waals surface area contributed by atoms with E-state index in [0.717, 1.165) is 5.56 Å². The van der Waals surface area contributed by atoms with Crippen LogP contribution in [0.3, 0.4) is 0 Å². The summed E-state index contributed by atoms with van der Waals surface area (Å²) in [7, 11) is 0. The Balaban J connectivity index is 2.93. The van der Waals surface area contributed by atoms with Crippen molar-refractivity contribution in [1.82, 2.24) is 4.98 Å². The quantitative estimate of drug-likeness (QED) is 0.550. The summed E-state index contributed by atoms with van der Waals surface area (Å²) < 4.78 is 0. The number of halogens is 3. The van der Waals surface area contributed by atoms with Crippen LogP contribution in [-0.2, 0) is 0 Å². The Morgan fingerprint density at radius 2 is 1.83 bits per heavy atom. The monoisotopic (exact) mass is 221 g/mol. The molecule has 1 heterocycles. The van der Waals surface area contributed by atoms with E-state index >= 15 is 0 Å². The van der Waals surface area contributed by atoms with Gasteiger partial charge < -0.3 is 0 Å². The van der Waals surface area contributed by atoms with Crippen LogP contribution in [0.1, 0.15) is 5.56 Å². The van der Waals surface area contributed by atoms with E-state index in [1.807, 2.05) is 12.2 Å². The van der Waals surface area contributed by atoms with Gasteiger partial charge in [0.1, 0.15) is 10.3 Å². The van der Waals surface area contributed by atoms with Gasteiger partial charge in [0.25, 0.3) is 0 Å². The van der Waals surface area contributed by atoms with Crippen LogP contribution in [0.2, 0.25) is 10.3 Å². The molecule has 0 amide bonds. The van der Waals surface area contributed by atoms with Crippen LogP contribution < -0.4 is 0 Å². The summed E-state index contributed by atoms with van der Waals surface area (Å²) in [6, 6.07) is 3.44. The van der Waals surface area contributed by atoms with E-state index in [1.165, 1.54) is 0 Å². The Hall–Kier alpha value is -0.240. The van der Waals surface area contributed by atoms with Gasteiger partial charge in [-0.2, -0.15) is 0 Å². The molecule has 1 aromatic heterocycles. The number of allylic oxidation sites excluding steroid dienone is 1. The highest BCUT2D eigenvalue weighted by atomic mass is 35.5. The van der Waals surface area contributed by atoms with Gasteiger partial charge in [0, 0.05) is 5.88 Å². The van der Waals surface area contributed by atoms with Crippen LogP contribution >= 0.6 is 34.8 Å². The van der Waals surface area contributed by atoms with Gasteiger partial charge >= 0.3 is 0 Å². The number of hydrogen-bond donors (Lipinski definition) is 0.